The van der Waals surface area contributed by atoms with Gasteiger partial charge in [0.05, 0.1) is 0 Å². The number of nitrogens with zero attached hydrogens (tertiary/aromatic N) is 2. The molecule has 0 radical (unpaired) electrons. The molecule has 0 saturated heterocycles. The topological polar surface area (TPSA) is 46.0 Å². The van der Waals surface area contributed by atoms with Crippen LogP contribution in [0, 0.1) is 0 Å². The van der Waals surface area contributed by atoms with Gasteiger partial charge in [0, 0.05) is 33.0 Å². The molecule has 1 aromatic carbocycles. The van der Waals surface area contributed by atoms with E-state index in [1.54, 1.807) is 24.5 Å². The summed E-state index contributed by atoms with van der Waals surface area (Å²) in [4.78, 5) is 7.71. The first-order valence-corrected chi connectivity index (χ1v) is 5.73. The minimum Gasteiger partial charge on any atom is -0.383 e. The first kappa shape index (κ1) is 11.5. The number of aliphatic hydroxyl groups is 1. The second-order valence-electron chi connectivity index (χ2n) is 3.24. The normalized spacial score (nSPS) is 12.4. The number of benzene rings is 1. The molecule has 0 aliphatic carbocycles. The Bertz CT molecular complexity index is 493. The van der Waals surface area contributed by atoms with Gasteiger partial charge in [-0.25, -0.2) is 9.97 Å². The van der Waals surface area contributed by atoms with E-state index < -0.39 is 6.10 Å². The fourth-order valence-electron chi connectivity index (χ4n) is 1.35. The number of rotatable bonds is 2. The quantitative estimate of drug-likeness (QED) is 0.927. The Hall–Kier alpha value is -0.970. The van der Waals surface area contributed by atoms with Gasteiger partial charge in [-0.2, -0.15) is 0 Å². The van der Waals surface area contributed by atoms with Crippen LogP contribution in [0.5, 0.6) is 0 Å². The summed E-state index contributed by atoms with van der Waals surface area (Å²) in [6, 6.07) is 5.34. The predicted octanol–water partition coefficient (Wildman–Crippen LogP) is 2.97. The zero-order valence-electron chi connectivity index (χ0n) is 8.14. The van der Waals surface area contributed by atoms with Gasteiger partial charge in [0.15, 0.2) is 0 Å². The number of aliphatic hydroxyl groups excluding tert-OH is 1. The van der Waals surface area contributed by atoms with Gasteiger partial charge in [-0.3, -0.25) is 0 Å². The van der Waals surface area contributed by atoms with Crippen LogP contribution in [0.3, 0.4) is 0 Å². The van der Waals surface area contributed by atoms with Crippen LogP contribution in [-0.4, -0.2) is 15.1 Å². The van der Waals surface area contributed by atoms with Gasteiger partial charge in [0.2, 0.25) is 0 Å². The Labute approximate surface area is 106 Å². The van der Waals surface area contributed by atoms with Crippen molar-refractivity contribution >= 4 is 27.5 Å². The van der Waals surface area contributed by atoms with Gasteiger partial charge >= 0.3 is 0 Å². The average Bonchev–Trinajstić information content (AvgIpc) is 2.29. The summed E-state index contributed by atoms with van der Waals surface area (Å²) in [6.07, 6.45) is 3.74. The van der Waals surface area contributed by atoms with Gasteiger partial charge in [-0.1, -0.05) is 33.6 Å². The van der Waals surface area contributed by atoms with Crippen LogP contribution in [0.4, 0.5) is 0 Å². The minimum atomic E-state index is -0.804. The van der Waals surface area contributed by atoms with Gasteiger partial charge < -0.3 is 5.11 Å². The van der Waals surface area contributed by atoms with E-state index in [9.17, 15) is 5.11 Å². The van der Waals surface area contributed by atoms with Crippen molar-refractivity contribution in [1.29, 1.82) is 0 Å². The summed E-state index contributed by atoms with van der Waals surface area (Å²) in [5.41, 5.74) is 1.26. The van der Waals surface area contributed by atoms with Crippen LogP contribution in [0.25, 0.3) is 0 Å². The lowest BCUT2D eigenvalue weighted by Gasteiger charge is -2.12. The summed E-state index contributed by atoms with van der Waals surface area (Å²) < 4.78 is 0.873. The minimum absolute atomic E-state index is 0.505. The van der Waals surface area contributed by atoms with E-state index in [1.165, 1.54) is 6.33 Å². The van der Waals surface area contributed by atoms with Gasteiger partial charge in [0.1, 0.15) is 12.4 Å². The molecule has 0 aliphatic rings. The molecule has 1 aromatic heterocycles. The monoisotopic (exact) mass is 298 g/mol. The van der Waals surface area contributed by atoms with Crippen molar-refractivity contribution in [3.8, 4) is 0 Å². The number of hydrogen-bond donors (Lipinski definition) is 1. The summed E-state index contributed by atoms with van der Waals surface area (Å²) >= 11 is 9.35. The molecule has 0 spiro atoms. The molecule has 82 valence electrons. The summed E-state index contributed by atoms with van der Waals surface area (Å²) in [6.45, 7) is 0. The van der Waals surface area contributed by atoms with Gasteiger partial charge in [-0.05, 0) is 12.1 Å². The van der Waals surface area contributed by atoms with Crippen LogP contribution in [0.2, 0.25) is 5.02 Å². The fraction of sp³-hybridized carbons (Fsp3) is 0.0909. The fourth-order valence-corrected chi connectivity index (χ4v) is 2.13. The van der Waals surface area contributed by atoms with E-state index in [0.717, 1.165) is 4.47 Å². The molecule has 1 atom stereocenters. The third kappa shape index (κ3) is 2.40. The molecule has 0 bridgehead atoms. The van der Waals surface area contributed by atoms with Crippen LogP contribution in [-0.2, 0) is 0 Å². The third-order valence-electron chi connectivity index (χ3n) is 2.15. The molecule has 0 amide bonds. The van der Waals surface area contributed by atoms with Crippen LogP contribution >= 0.6 is 27.5 Å². The standard InChI is InChI=1S/C11H8BrClN2O/c12-8-1-2-9(10(13)3-8)11(16)7-4-14-6-15-5-7/h1-6,11,16H. The summed E-state index contributed by atoms with van der Waals surface area (Å²) in [7, 11) is 0. The van der Waals surface area contributed by atoms with Crippen molar-refractivity contribution in [3.63, 3.8) is 0 Å². The van der Waals surface area contributed by atoms with Crippen molar-refractivity contribution < 1.29 is 5.11 Å². The molecular weight excluding hydrogens is 291 g/mol. The number of hydrogen-bond acceptors (Lipinski definition) is 3. The molecule has 5 heteroatoms. The summed E-state index contributed by atoms with van der Waals surface area (Å²) in [5, 5.41) is 10.6. The molecule has 1 heterocycles. The van der Waals surface area contributed by atoms with Crippen molar-refractivity contribution in [1.82, 2.24) is 9.97 Å². The Kier molecular flexibility index (Phi) is 3.53. The molecule has 0 aliphatic heterocycles. The molecule has 1 unspecified atom stereocenters. The van der Waals surface area contributed by atoms with E-state index >= 15 is 0 Å². The lowest BCUT2D eigenvalue weighted by molar-refractivity contribution is 0.219. The maximum absolute atomic E-state index is 10.1. The molecule has 1 N–H and O–H groups in total. The maximum atomic E-state index is 10.1. The Morgan fingerprint density at radius 3 is 2.56 bits per heavy atom. The van der Waals surface area contributed by atoms with E-state index in [2.05, 4.69) is 25.9 Å². The Morgan fingerprint density at radius 2 is 1.94 bits per heavy atom. The Balaban J connectivity index is 2.38. The van der Waals surface area contributed by atoms with E-state index in [-0.39, 0.29) is 0 Å². The zero-order chi connectivity index (χ0) is 11.5. The van der Waals surface area contributed by atoms with E-state index in [4.69, 9.17) is 11.6 Å². The zero-order valence-corrected chi connectivity index (χ0v) is 10.5. The smallest absolute Gasteiger partial charge is 0.115 e. The molecule has 2 rings (SSSR count). The number of aromatic nitrogens is 2. The average molecular weight is 300 g/mol. The lowest BCUT2D eigenvalue weighted by Crippen LogP contribution is -2.01. The number of halogens is 2. The molecule has 0 fully saturated rings. The predicted molar refractivity (Wildman–Crippen MR) is 65.2 cm³/mol. The van der Waals surface area contributed by atoms with Crippen LogP contribution < -0.4 is 0 Å². The third-order valence-corrected chi connectivity index (χ3v) is 2.97. The van der Waals surface area contributed by atoms with Crippen molar-refractivity contribution in [2.75, 3.05) is 0 Å². The SMILES string of the molecule is OC(c1cncnc1)c1ccc(Br)cc1Cl. The molecular formula is C11H8BrClN2O. The van der Waals surface area contributed by atoms with Crippen LogP contribution in [0.1, 0.15) is 17.2 Å². The highest BCUT2D eigenvalue weighted by atomic mass is 79.9. The molecule has 16 heavy (non-hydrogen) atoms. The van der Waals surface area contributed by atoms with Crippen molar-refractivity contribution in [3.05, 3.63) is 57.5 Å². The van der Waals surface area contributed by atoms with Crippen molar-refractivity contribution in [2.45, 2.75) is 6.10 Å². The molecule has 3 nitrogen and oxygen atoms in total. The first-order chi connectivity index (χ1) is 7.68. The highest BCUT2D eigenvalue weighted by Gasteiger charge is 2.14. The summed E-state index contributed by atoms with van der Waals surface area (Å²) in [5.74, 6) is 0. The van der Waals surface area contributed by atoms with Crippen LogP contribution in [0.15, 0.2) is 41.4 Å². The lowest BCUT2D eigenvalue weighted by atomic mass is 10.0. The highest BCUT2D eigenvalue weighted by molar-refractivity contribution is 9.10. The first-order valence-electron chi connectivity index (χ1n) is 4.56. The van der Waals surface area contributed by atoms with E-state index in [1.807, 2.05) is 6.07 Å². The van der Waals surface area contributed by atoms with Gasteiger partial charge in [-0.15, -0.1) is 0 Å². The highest BCUT2D eigenvalue weighted by Crippen LogP contribution is 2.29. The second kappa shape index (κ2) is 4.91. The maximum Gasteiger partial charge on any atom is 0.115 e. The molecule has 0 saturated carbocycles. The second-order valence-corrected chi connectivity index (χ2v) is 4.56. The van der Waals surface area contributed by atoms with Gasteiger partial charge in [0.25, 0.3) is 0 Å². The molecule has 2 aromatic rings. The largest absolute Gasteiger partial charge is 0.383 e. The Morgan fingerprint density at radius 1 is 1.25 bits per heavy atom. The van der Waals surface area contributed by atoms with E-state index in [0.29, 0.717) is 16.1 Å². The van der Waals surface area contributed by atoms with Crippen molar-refractivity contribution in [2.24, 2.45) is 0 Å².